The molecule has 5 nitrogen and oxygen atoms in total. The predicted octanol–water partition coefficient (Wildman–Crippen LogP) is 0.850. The van der Waals surface area contributed by atoms with Gasteiger partial charge < -0.3 is 9.67 Å². The number of aryl methyl sites for hydroxylation is 1. The third-order valence-corrected chi connectivity index (χ3v) is 1.92. The fourth-order valence-electron chi connectivity index (χ4n) is 1.16. The second-order valence-electron chi connectivity index (χ2n) is 3.02. The van der Waals surface area contributed by atoms with Crippen LogP contribution < -0.4 is 5.56 Å². The van der Waals surface area contributed by atoms with Crippen LogP contribution in [0, 0.1) is 11.3 Å². The molecule has 0 spiro atoms. The molecule has 0 aromatic carbocycles. The van der Waals surface area contributed by atoms with Crippen molar-refractivity contribution in [2.75, 3.05) is 0 Å². The molecule has 1 rings (SSSR count). The van der Waals surface area contributed by atoms with E-state index in [1.165, 1.54) is 22.9 Å². The Morgan fingerprint density at radius 3 is 2.87 bits per heavy atom. The summed E-state index contributed by atoms with van der Waals surface area (Å²) in [4.78, 5) is 21.9. The largest absolute Gasteiger partial charge is 0.478 e. The number of rotatable bonds is 4. The number of nitrogens with zero attached hydrogens (tertiary/aromatic N) is 2. The van der Waals surface area contributed by atoms with E-state index in [0.29, 0.717) is 19.4 Å². The van der Waals surface area contributed by atoms with Crippen LogP contribution in [0.15, 0.2) is 23.1 Å². The van der Waals surface area contributed by atoms with Gasteiger partial charge in [-0.25, -0.2) is 4.79 Å². The molecule has 0 saturated heterocycles. The summed E-state index contributed by atoms with van der Waals surface area (Å²) >= 11 is 0. The van der Waals surface area contributed by atoms with Gasteiger partial charge in [0.15, 0.2) is 0 Å². The summed E-state index contributed by atoms with van der Waals surface area (Å²) in [5.41, 5.74) is -0.176. The Hall–Kier alpha value is -2.09. The van der Waals surface area contributed by atoms with Gasteiger partial charge in [-0.05, 0) is 12.5 Å². The van der Waals surface area contributed by atoms with E-state index in [9.17, 15) is 9.59 Å². The maximum Gasteiger partial charge on any atom is 0.337 e. The first-order valence-electron chi connectivity index (χ1n) is 4.46. The van der Waals surface area contributed by atoms with Crippen LogP contribution >= 0.6 is 0 Å². The number of hydrogen-bond donors (Lipinski definition) is 1. The minimum absolute atomic E-state index is 0.0755. The maximum atomic E-state index is 11.3. The van der Waals surface area contributed by atoms with Crippen molar-refractivity contribution in [3.63, 3.8) is 0 Å². The van der Waals surface area contributed by atoms with Gasteiger partial charge in [0, 0.05) is 25.2 Å². The number of unbranched alkanes of at least 4 members (excludes halogenated alkanes) is 1. The number of aromatic carboxylic acids is 1. The predicted molar refractivity (Wildman–Crippen MR) is 52.5 cm³/mol. The zero-order valence-corrected chi connectivity index (χ0v) is 8.01. The Kier molecular flexibility index (Phi) is 3.63. The van der Waals surface area contributed by atoms with Gasteiger partial charge in [0.25, 0.3) is 5.56 Å². The highest BCUT2D eigenvalue weighted by molar-refractivity contribution is 5.87. The van der Waals surface area contributed by atoms with E-state index >= 15 is 0 Å². The van der Waals surface area contributed by atoms with Gasteiger partial charge in [-0.1, -0.05) is 0 Å². The summed E-state index contributed by atoms with van der Waals surface area (Å²) in [6.45, 7) is 0.369. The summed E-state index contributed by atoms with van der Waals surface area (Å²) < 4.78 is 1.31. The third-order valence-electron chi connectivity index (χ3n) is 1.92. The van der Waals surface area contributed by atoms with Crippen LogP contribution in [-0.4, -0.2) is 15.6 Å². The highest BCUT2D eigenvalue weighted by Crippen LogP contribution is 1.97. The number of nitriles is 1. The van der Waals surface area contributed by atoms with Gasteiger partial charge in [0.1, 0.15) is 0 Å². The van der Waals surface area contributed by atoms with Crippen LogP contribution in [0.1, 0.15) is 23.2 Å². The molecule has 78 valence electrons. The number of hydrogen-bond acceptors (Lipinski definition) is 3. The molecule has 0 radical (unpaired) electrons. The molecule has 0 aliphatic carbocycles. The lowest BCUT2D eigenvalue weighted by Crippen LogP contribution is -2.20. The van der Waals surface area contributed by atoms with E-state index in [1.807, 2.05) is 6.07 Å². The van der Waals surface area contributed by atoms with Crippen molar-refractivity contribution in [1.82, 2.24) is 4.57 Å². The highest BCUT2D eigenvalue weighted by Gasteiger charge is 2.04. The van der Waals surface area contributed by atoms with Crippen molar-refractivity contribution >= 4 is 5.97 Å². The second-order valence-corrected chi connectivity index (χ2v) is 3.02. The summed E-state index contributed by atoms with van der Waals surface area (Å²) in [6.07, 6.45) is 2.19. The highest BCUT2D eigenvalue weighted by atomic mass is 16.4. The Morgan fingerprint density at radius 1 is 1.53 bits per heavy atom. The van der Waals surface area contributed by atoms with E-state index < -0.39 is 5.97 Å². The fraction of sp³-hybridized carbons (Fsp3) is 0.300. The molecular formula is C10H10N2O3. The number of carboxylic acid groups (broad SMARTS) is 1. The van der Waals surface area contributed by atoms with Gasteiger partial charge in [0.05, 0.1) is 11.6 Å². The fourth-order valence-corrected chi connectivity index (χ4v) is 1.16. The molecule has 1 aromatic heterocycles. The molecule has 0 amide bonds. The lowest BCUT2D eigenvalue weighted by Gasteiger charge is -2.04. The lowest BCUT2D eigenvalue weighted by atomic mass is 10.2. The summed E-state index contributed by atoms with van der Waals surface area (Å²) in [7, 11) is 0. The first-order chi connectivity index (χ1) is 7.15. The quantitative estimate of drug-likeness (QED) is 0.740. The van der Waals surface area contributed by atoms with Crippen molar-refractivity contribution in [1.29, 1.82) is 5.26 Å². The molecule has 0 aliphatic heterocycles. The molecule has 5 heteroatoms. The van der Waals surface area contributed by atoms with Crippen LogP contribution in [0.4, 0.5) is 0 Å². The number of carboxylic acids is 1. The molecular weight excluding hydrogens is 196 g/mol. The Morgan fingerprint density at radius 2 is 2.27 bits per heavy atom. The van der Waals surface area contributed by atoms with Crippen molar-refractivity contribution in [3.05, 3.63) is 34.2 Å². The molecule has 0 aliphatic rings. The average molecular weight is 206 g/mol. The Bertz CT molecular complexity index is 456. The first kappa shape index (κ1) is 11.0. The van der Waals surface area contributed by atoms with E-state index in [1.54, 1.807) is 0 Å². The number of pyridine rings is 1. The number of aromatic nitrogens is 1. The molecule has 1 heterocycles. The minimum Gasteiger partial charge on any atom is -0.478 e. The molecule has 15 heavy (non-hydrogen) atoms. The van der Waals surface area contributed by atoms with Crippen molar-refractivity contribution in [3.8, 4) is 6.07 Å². The van der Waals surface area contributed by atoms with Gasteiger partial charge in [0.2, 0.25) is 0 Å². The van der Waals surface area contributed by atoms with Gasteiger partial charge >= 0.3 is 5.97 Å². The molecule has 0 fully saturated rings. The van der Waals surface area contributed by atoms with E-state index in [2.05, 4.69) is 0 Å². The van der Waals surface area contributed by atoms with Crippen molar-refractivity contribution < 1.29 is 9.90 Å². The monoisotopic (exact) mass is 206 g/mol. The van der Waals surface area contributed by atoms with E-state index in [0.717, 1.165) is 0 Å². The van der Waals surface area contributed by atoms with Crippen LogP contribution in [0.3, 0.4) is 0 Å². The molecule has 0 unspecified atom stereocenters. The van der Waals surface area contributed by atoms with Crippen LogP contribution in [-0.2, 0) is 6.54 Å². The van der Waals surface area contributed by atoms with Gasteiger partial charge in [-0.3, -0.25) is 4.79 Å². The zero-order valence-electron chi connectivity index (χ0n) is 8.01. The zero-order chi connectivity index (χ0) is 11.3. The maximum absolute atomic E-state index is 11.3. The third kappa shape index (κ3) is 2.95. The molecule has 0 atom stereocenters. The molecule has 1 N–H and O–H groups in total. The molecule has 0 saturated carbocycles. The topological polar surface area (TPSA) is 83.1 Å². The normalized spacial score (nSPS) is 9.53. The van der Waals surface area contributed by atoms with Crippen LogP contribution in [0.25, 0.3) is 0 Å². The Labute approximate surface area is 86.2 Å². The van der Waals surface area contributed by atoms with Crippen LogP contribution in [0.2, 0.25) is 0 Å². The first-order valence-corrected chi connectivity index (χ1v) is 4.46. The van der Waals surface area contributed by atoms with Gasteiger partial charge in [-0.2, -0.15) is 5.26 Å². The van der Waals surface area contributed by atoms with E-state index in [-0.39, 0.29) is 11.1 Å². The summed E-state index contributed by atoms with van der Waals surface area (Å²) in [5.74, 6) is -1.07. The summed E-state index contributed by atoms with van der Waals surface area (Å²) in [5, 5.41) is 17.0. The lowest BCUT2D eigenvalue weighted by molar-refractivity contribution is 0.0696. The van der Waals surface area contributed by atoms with E-state index in [4.69, 9.17) is 10.4 Å². The standard InChI is InChI=1S/C10H10N2O3/c11-5-1-2-6-12-7-8(10(14)15)3-4-9(12)13/h3-4,7H,1-2,6H2,(H,14,15). The van der Waals surface area contributed by atoms with Crippen molar-refractivity contribution in [2.45, 2.75) is 19.4 Å². The second kappa shape index (κ2) is 4.96. The molecule has 1 aromatic rings. The average Bonchev–Trinajstić information content (AvgIpc) is 2.20. The van der Waals surface area contributed by atoms with Crippen molar-refractivity contribution in [2.24, 2.45) is 0 Å². The summed E-state index contributed by atoms with van der Waals surface area (Å²) in [6, 6.07) is 4.45. The van der Waals surface area contributed by atoms with Gasteiger partial charge in [-0.15, -0.1) is 0 Å². The SMILES string of the molecule is N#CCCCn1cc(C(=O)O)ccc1=O. The smallest absolute Gasteiger partial charge is 0.337 e. The number of carbonyl (C=O) groups is 1. The Balaban J connectivity index is 2.87. The molecule has 0 bridgehead atoms. The van der Waals surface area contributed by atoms with Crippen LogP contribution in [0.5, 0.6) is 0 Å². The minimum atomic E-state index is -1.07.